The average Bonchev–Trinajstić information content (AvgIpc) is 2.48. The van der Waals surface area contributed by atoms with Crippen LogP contribution in [0.2, 0.25) is 0 Å². The summed E-state index contributed by atoms with van der Waals surface area (Å²) in [4.78, 5) is 0. The Labute approximate surface area is 117 Å². The Morgan fingerprint density at radius 3 is 2.50 bits per heavy atom. The van der Waals surface area contributed by atoms with Crippen LogP contribution < -0.4 is 9.47 Å². The molecule has 0 saturated carbocycles. The van der Waals surface area contributed by atoms with Crippen molar-refractivity contribution in [1.82, 2.24) is 0 Å². The van der Waals surface area contributed by atoms with Crippen molar-refractivity contribution in [1.29, 1.82) is 0 Å². The standard InChI is InChI=1S/C16H17FO3/c1-19-12-7-8-16(20-2)13(10-12)15(18)9-11-5-3-4-6-14(11)17/h3-8,10,15,18H,9H2,1-2H3. The van der Waals surface area contributed by atoms with Gasteiger partial charge in [-0.3, -0.25) is 0 Å². The van der Waals surface area contributed by atoms with E-state index < -0.39 is 6.10 Å². The molecule has 0 amide bonds. The minimum absolute atomic E-state index is 0.177. The Bertz CT molecular complexity index is 584. The van der Waals surface area contributed by atoms with Crippen LogP contribution in [0, 0.1) is 5.82 Å². The molecule has 2 rings (SSSR count). The van der Waals surface area contributed by atoms with Gasteiger partial charge in [0.25, 0.3) is 0 Å². The number of halogens is 1. The van der Waals surface area contributed by atoms with Crippen LogP contribution in [0.3, 0.4) is 0 Å². The van der Waals surface area contributed by atoms with Crippen molar-refractivity contribution in [2.45, 2.75) is 12.5 Å². The third kappa shape index (κ3) is 3.08. The summed E-state index contributed by atoms with van der Waals surface area (Å²) in [6.45, 7) is 0. The normalized spacial score (nSPS) is 12.0. The van der Waals surface area contributed by atoms with Crippen molar-refractivity contribution in [3.8, 4) is 11.5 Å². The van der Waals surface area contributed by atoms with Gasteiger partial charge in [-0.2, -0.15) is 0 Å². The first kappa shape index (κ1) is 14.3. The Kier molecular flexibility index (Phi) is 4.58. The minimum atomic E-state index is -0.864. The third-order valence-corrected chi connectivity index (χ3v) is 3.17. The molecule has 2 aromatic carbocycles. The molecule has 20 heavy (non-hydrogen) atoms. The highest BCUT2D eigenvalue weighted by Crippen LogP contribution is 2.31. The highest BCUT2D eigenvalue weighted by Gasteiger charge is 2.16. The van der Waals surface area contributed by atoms with E-state index in [1.165, 1.54) is 13.2 Å². The molecular formula is C16H17FO3. The molecule has 0 bridgehead atoms. The van der Waals surface area contributed by atoms with Gasteiger partial charge in [-0.15, -0.1) is 0 Å². The van der Waals surface area contributed by atoms with E-state index in [-0.39, 0.29) is 12.2 Å². The first-order valence-electron chi connectivity index (χ1n) is 6.29. The largest absolute Gasteiger partial charge is 0.497 e. The number of rotatable bonds is 5. The number of aliphatic hydroxyl groups is 1. The fraction of sp³-hybridized carbons (Fsp3) is 0.250. The molecule has 0 aromatic heterocycles. The molecule has 0 aliphatic rings. The van der Waals surface area contributed by atoms with E-state index in [1.807, 2.05) is 0 Å². The lowest BCUT2D eigenvalue weighted by Crippen LogP contribution is -2.06. The smallest absolute Gasteiger partial charge is 0.126 e. The topological polar surface area (TPSA) is 38.7 Å². The van der Waals surface area contributed by atoms with E-state index in [0.717, 1.165) is 0 Å². The summed E-state index contributed by atoms with van der Waals surface area (Å²) in [5.41, 5.74) is 1.04. The van der Waals surface area contributed by atoms with Crippen LogP contribution in [0.25, 0.3) is 0 Å². The van der Waals surface area contributed by atoms with Crippen LogP contribution in [0.15, 0.2) is 42.5 Å². The van der Waals surface area contributed by atoms with E-state index in [4.69, 9.17) is 9.47 Å². The molecule has 1 N–H and O–H groups in total. The summed E-state index contributed by atoms with van der Waals surface area (Å²) < 4.78 is 24.0. The predicted octanol–water partition coefficient (Wildman–Crippen LogP) is 3.12. The number of hydrogen-bond acceptors (Lipinski definition) is 3. The molecule has 2 aromatic rings. The molecule has 1 atom stereocenters. The van der Waals surface area contributed by atoms with Crippen molar-refractivity contribution in [3.63, 3.8) is 0 Å². The maximum absolute atomic E-state index is 13.6. The second-order valence-corrected chi connectivity index (χ2v) is 4.42. The highest BCUT2D eigenvalue weighted by atomic mass is 19.1. The molecule has 0 aliphatic carbocycles. The molecule has 0 fully saturated rings. The monoisotopic (exact) mass is 276 g/mol. The fourth-order valence-electron chi connectivity index (χ4n) is 2.08. The van der Waals surface area contributed by atoms with Gasteiger partial charge in [0.05, 0.1) is 20.3 Å². The third-order valence-electron chi connectivity index (χ3n) is 3.17. The quantitative estimate of drug-likeness (QED) is 0.912. The zero-order valence-corrected chi connectivity index (χ0v) is 11.5. The van der Waals surface area contributed by atoms with Crippen LogP contribution in [0.1, 0.15) is 17.2 Å². The lowest BCUT2D eigenvalue weighted by atomic mass is 10.00. The predicted molar refractivity (Wildman–Crippen MR) is 74.6 cm³/mol. The summed E-state index contributed by atoms with van der Waals surface area (Å²) in [5, 5.41) is 10.3. The van der Waals surface area contributed by atoms with Gasteiger partial charge >= 0.3 is 0 Å². The van der Waals surface area contributed by atoms with Gasteiger partial charge in [0, 0.05) is 12.0 Å². The van der Waals surface area contributed by atoms with Crippen LogP contribution in [-0.2, 0) is 6.42 Å². The second-order valence-electron chi connectivity index (χ2n) is 4.42. The van der Waals surface area contributed by atoms with Gasteiger partial charge in [0.1, 0.15) is 17.3 Å². The van der Waals surface area contributed by atoms with Gasteiger partial charge in [-0.1, -0.05) is 18.2 Å². The average molecular weight is 276 g/mol. The van der Waals surface area contributed by atoms with Crippen molar-refractivity contribution >= 4 is 0 Å². The van der Waals surface area contributed by atoms with Gasteiger partial charge in [-0.05, 0) is 29.8 Å². The van der Waals surface area contributed by atoms with Gasteiger partial charge in [0.2, 0.25) is 0 Å². The fourth-order valence-corrected chi connectivity index (χ4v) is 2.08. The van der Waals surface area contributed by atoms with Crippen LogP contribution in [0.5, 0.6) is 11.5 Å². The maximum atomic E-state index is 13.6. The Balaban J connectivity index is 2.28. The van der Waals surface area contributed by atoms with E-state index in [9.17, 15) is 9.50 Å². The summed E-state index contributed by atoms with van der Waals surface area (Å²) in [6, 6.07) is 11.6. The number of hydrogen-bond donors (Lipinski definition) is 1. The van der Waals surface area contributed by atoms with E-state index >= 15 is 0 Å². The van der Waals surface area contributed by atoms with Crippen molar-refractivity contribution in [3.05, 3.63) is 59.4 Å². The van der Waals surface area contributed by atoms with Gasteiger partial charge < -0.3 is 14.6 Å². The van der Waals surface area contributed by atoms with Crippen LogP contribution in [-0.4, -0.2) is 19.3 Å². The number of benzene rings is 2. The highest BCUT2D eigenvalue weighted by molar-refractivity contribution is 5.42. The Morgan fingerprint density at radius 1 is 1.10 bits per heavy atom. The zero-order valence-electron chi connectivity index (χ0n) is 11.5. The number of aliphatic hydroxyl groups excluding tert-OH is 1. The van der Waals surface area contributed by atoms with Gasteiger partial charge in [0.15, 0.2) is 0 Å². The molecule has 106 valence electrons. The molecular weight excluding hydrogens is 259 g/mol. The summed E-state index contributed by atoms with van der Waals surface area (Å²) in [6.07, 6.45) is -0.687. The Hall–Kier alpha value is -2.07. The molecule has 3 nitrogen and oxygen atoms in total. The first-order valence-corrected chi connectivity index (χ1v) is 6.29. The summed E-state index contributed by atoms with van der Waals surface area (Å²) in [7, 11) is 3.08. The molecule has 4 heteroatoms. The summed E-state index contributed by atoms with van der Waals surface area (Å²) in [5.74, 6) is 0.844. The van der Waals surface area contributed by atoms with E-state index in [2.05, 4.69) is 0 Å². The SMILES string of the molecule is COc1ccc(OC)c(C(O)Cc2ccccc2F)c1. The van der Waals surface area contributed by atoms with Crippen molar-refractivity contribution in [2.75, 3.05) is 14.2 Å². The van der Waals surface area contributed by atoms with E-state index in [1.54, 1.807) is 43.5 Å². The molecule has 0 saturated heterocycles. The number of ether oxygens (including phenoxy) is 2. The van der Waals surface area contributed by atoms with Crippen molar-refractivity contribution < 1.29 is 19.0 Å². The van der Waals surface area contributed by atoms with Crippen LogP contribution >= 0.6 is 0 Å². The lowest BCUT2D eigenvalue weighted by Gasteiger charge is -2.16. The van der Waals surface area contributed by atoms with Crippen LogP contribution in [0.4, 0.5) is 4.39 Å². The molecule has 1 unspecified atom stereocenters. The molecule has 0 aliphatic heterocycles. The summed E-state index contributed by atoms with van der Waals surface area (Å²) >= 11 is 0. The Morgan fingerprint density at radius 2 is 1.85 bits per heavy atom. The lowest BCUT2D eigenvalue weighted by molar-refractivity contribution is 0.172. The molecule has 0 spiro atoms. The molecule has 0 radical (unpaired) electrons. The van der Waals surface area contributed by atoms with Crippen molar-refractivity contribution in [2.24, 2.45) is 0 Å². The maximum Gasteiger partial charge on any atom is 0.126 e. The van der Waals surface area contributed by atoms with Gasteiger partial charge in [-0.25, -0.2) is 4.39 Å². The number of methoxy groups -OCH3 is 2. The zero-order chi connectivity index (χ0) is 14.5. The minimum Gasteiger partial charge on any atom is -0.497 e. The first-order chi connectivity index (χ1) is 9.65. The second kappa shape index (κ2) is 6.39. The van der Waals surface area contributed by atoms with E-state index in [0.29, 0.717) is 22.6 Å². The molecule has 0 heterocycles.